The average molecular weight is 229 g/mol. The summed E-state index contributed by atoms with van der Waals surface area (Å²) < 4.78 is 31.5. The summed E-state index contributed by atoms with van der Waals surface area (Å²) in [4.78, 5) is 0. The fourth-order valence-corrected chi connectivity index (χ4v) is 1.29. The molecule has 0 unspecified atom stereocenters. The fraction of sp³-hybridized carbons (Fsp3) is 0.500. The van der Waals surface area contributed by atoms with Crippen molar-refractivity contribution in [3.8, 4) is 0 Å². The van der Waals surface area contributed by atoms with Gasteiger partial charge in [-0.25, -0.2) is 8.78 Å². The lowest BCUT2D eigenvalue weighted by Crippen LogP contribution is -2.20. The van der Waals surface area contributed by atoms with Gasteiger partial charge in [-0.3, -0.25) is 0 Å². The monoisotopic (exact) mass is 229 g/mol. The van der Waals surface area contributed by atoms with Crippen LogP contribution >= 0.6 is 0 Å². The molecule has 0 fully saturated rings. The Morgan fingerprint density at radius 2 is 1.88 bits per heavy atom. The van der Waals surface area contributed by atoms with E-state index in [1.165, 1.54) is 18.2 Å². The number of halogens is 2. The summed E-state index contributed by atoms with van der Waals surface area (Å²) in [7, 11) is 0. The maximum atomic E-state index is 13.1. The molecule has 4 heteroatoms. The molecule has 0 heterocycles. The van der Waals surface area contributed by atoms with Crippen LogP contribution in [0.25, 0.3) is 0 Å². The molecule has 90 valence electrons. The third-order valence-electron chi connectivity index (χ3n) is 2.16. The van der Waals surface area contributed by atoms with Crippen molar-refractivity contribution < 1.29 is 13.5 Å². The first-order valence-corrected chi connectivity index (χ1v) is 5.47. The Hall–Kier alpha value is -1.00. The average Bonchev–Trinajstić information content (AvgIpc) is 2.26. The second-order valence-corrected chi connectivity index (χ2v) is 3.50. The van der Waals surface area contributed by atoms with Crippen molar-refractivity contribution in [3.63, 3.8) is 0 Å². The number of hydrogen-bond acceptors (Lipinski definition) is 2. The Balaban J connectivity index is 2.26. The summed E-state index contributed by atoms with van der Waals surface area (Å²) in [5.41, 5.74) is -0.00186. The molecule has 0 spiro atoms. The molecule has 1 aromatic rings. The van der Waals surface area contributed by atoms with Crippen LogP contribution in [0.4, 0.5) is 8.78 Å². The number of hydrogen-bond donors (Lipinski definition) is 1. The van der Waals surface area contributed by atoms with E-state index in [1.54, 1.807) is 0 Å². The summed E-state index contributed by atoms with van der Waals surface area (Å²) in [5, 5.41) is 3.14. The molecular weight excluding hydrogens is 212 g/mol. The molecule has 0 atom stereocenters. The van der Waals surface area contributed by atoms with Crippen LogP contribution in [0.3, 0.4) is 0 Å². The van der Waals surface area contributed by atoms with Gasteiger partial charge in [0.05, 0.1) is 13.2 Å². The highest BCUT2D eigenvalue weighted by Crippen LogP contribution is 2.12. The standard InChI is InChI=1S/C12H17F2NO/c1-2-6-15-7-8-16-9-10-11(13)4-3-5-12(10)14/h3-5,15H,2,6-9H2,1H3. The van der Waals surface area contributed by atoms with Gasteiger partial charge in [0, 0.05) is 12.1 Å². The van der Waals surface area contributed by atoms with Gasteiger partial charge < -0.3 is 10.1 Å². The molecule has 1 aromatic carbocycles. The van der Waals surface area contributed by atoms with Gasteiger partial charge in [0.2, 0.25) is 0 Å². The molecule has 0 saturated carbocycles. The molecule has 0 aliphatic rings. The molecule has 0 bridgehead atoms. The first kappa shape index (κ1) is 13.1. The predicted molar refractivity (Wildman–Crippen MR) is 59.2 cm³/mol. The molecule has 2 nitrogen and oxygen atoms in total. The van der Waals surface area contributed by atoms with Gasteiger partial charge in [0.15, 0.2) is 0 Å². The van der Waals surface area contributed by atoms with Crippen molar-refractivity contribution in [2.24, 2.45) is 0 Å². The summed E-state index contributed by atoms with van der Waals surface area (Å²) in [5.74, 6) is -1.11. The van der Waals surface area contributed by atoms with Crippen molar-refractivity contribution in [3.05, 3.63) is 35.4 Å². The maximum Gasteiger partial charge on any atom is 0.131 e. The van der Waals surface area contributed by atoms with Gasteiger partial charge in [-0.05, 0) is 25.1 Å². The van der Waals surface area contributed by atoms with E-state index in [0.29, 0.717) is 13.2 Å². The van der Waals surface area contributed by atoms with Gasteiger partial charge in [0.1, 0.15) is 11.6 Å². The molecule has 1 rings (SSSR count). The van der Waals surface area contributed by atoms with Crippen LogP contribution < -0.4 is 5.32 Å². The summed E-state index contributed by atoms with van der Waals surface area (Å²) in [6.45, 7) is 4.13. The Kier molecular flexibility index (Phi) is 5.96. The van der Waals surface area contributed by atoms with Crippen LogP contribution in [0.2, 0.25) is 0 Å². The van der Waals surface area contributed by atoms with Crippen LogP contribution in [-0.4, -0.2) is 19.7 Å². The molecule has 0 aromatic heterocycles. The van der Waals surface area contributed by atoms with Crippen LogP contribution in [0.5, 0.6) is 0 Å². The lowest BCUT2D eigenvalue weighted by molar-refractivity contribution is 0.118. The third kappa shape index (κ3) is 4.24. The Bertz CT molecular complexity index is 298. The van der Waals surface area contributed by atoms with E-state index in [4.69, 9.17) is 4.74 Å². The number of ether oxygens (including phenoxy) is 1. The van der Waals surface area contributed by atoms with Gasteiger partial charge in [-0.1, -0.05) is 13.0 Å². The summed E-state index contributed by atoms with van der Waals surface area (Å²) >= 11 is 0. The van der Waals surface area contributed by atoms with Gasteiger partial charge >= 0.3 is 0 Å². The van der Waals surface area contributed by atoms with Gasteiger partial charge in [-0.15, -0.1) is 0 Å². The van der Waals surface area contributed by atoms with Crippen molar-refractivity contribution in [1.29, 1.82) is 0 Å². The van der Waals surface area contributed by atoms with Crippen LogP contribution in [0, 0.1) is 11.6 Å². The highest BCUT2D eigenvalue weighted by molar-refractivity contribution is 5.18. The van der Waals surface area contributed by atoms with Gasteiger partial charge in [-0.2, -0.15) is 0 Å². The zero-order valence-electron chi connectivity index (χ0n) is 9.43. The van der Waals surface area contributed by atoms with E-state index < -0.39 is 11.6 Å². The Morgan fingerprint density at radius 1 is 1.19 bits per heavy atom. The molecule has 0 saturated heterocycles. The highest BCUT2D eigenvalue weighted by atomic mass is 19.1. The minimum atomic E-state index is -0.554. The summed E-state index contributed by atoms with van der Waals surface area (Å²) in [6, 6.07) is 3.81. The van der Waals surface area contributed by atoms with Crippen LogP contribution in [-0.2, 0) is 11.3 Å². The van der Waals surface area contributed by atoms with Crippen molar-refractivity contribution in [2.75, 3.05) is 19.7 Å². The molecule has 0 aliphatic heterocycles. The number of rotatable bonds is 7. The SMILES string of the molecule is CCCNCCOCc1c(F)cccc1F. The lowest BCUT2D eigenvalue weighted by Gasteiger charge is -2.07. The largest absolute Gasteiger partial charge is 0.375 e. The van der Waals surface area contributed by atoms with E-state index in [0.717, 1.165) is 13.0 Å². The normalized spacial score (nSPS) is 10.7. The predicted octanol–water partition coefficient (Wildman–Crippen LogP) is 2.48. The highest BCUT2D eigenvalue weighted by Gasteiger charge is 2.07. The third-order valence-corrected chi connectivity index (χ3v) is 2.16. The molecule has 0 amide bonds. The maximum absolute atomic E-state index is 13.1. The molecule has 0 aliphatic carbocycles. The van der Waals surface area contributed by atoms with Crippen molar-refractivity contribution in [2.45, 2.75) is 20.0 Å². The van der Waals surface area contributed by atoms with E-state index >= 15 is 0 Å². The molecule has 1 N–H and O–H groups in total. The van der Waals surface area contributed by atoms with E-state index in [2.05, 4.69) is 12.2 Å². The second kappa shape index (κ2) is 7.30. The molecule has 16 heavy (non-hydrogen) atoms. The van der Waals surface area contributed by atoms with E-state index in [1.807, 2.05) is 0 Å². The second-order valence-electron chi connectivity index (χ2n) is 3.50. The zero-order chi connectivity index (χ0) is 11.8. The topological polar surface area (TPSA) is 21.3 Å². The van der Waals surface area contributed by atoms with E-state index in [-0.39, 0.29) is 12.2 Å². The Morgan fingerprint density at radius 3 is 2.50 bits per heavy atom. The van der Waals surface area contributed by atoms with Crippen molar-refractivity contribution >= 4 is 0 Å². The molecule has 0 radical (unpaired) electrons. The smallest absolute Gasteiger partial charge is 0.131 e. The first-order chi connectivity index (χ1) is 7.75. The minimum absolute atomic E-state index is 0.00186. The van der Waals surface area contributed by atoms with Crippen molar-refractivity contribution in [1.82, 2.24) is 5.32 Å². The van der Waals surface area contributed by atoms with E-state index in [9.17, 15) is 8.78 Å². The minimum Gasteiger partial charge on any atom is -0.375 e. The fourth-order valence-electron chi connectivity index (χ4n) is 1.29. The van der Waals surface area contributed by atoms with Crippen LogP contribution in [0.1, 0.15) is 18.9 Å². The zero-order valence-corrected chi connectivity index (χ0v) is 9.43. The Labute approximate surface area is 94.6 Å². The quantitative estimate of drug-likeness (QED) is 0.725. The summed E-state index contributed by atoms with van der Waals surface area (Å²) in [6.07, 6.45) is 1.06. The lowest BCUT2D eigenvalue weighted by atomic mass is 10.2. The number of nitrogens with one attached hydrogen (secondary N) is 1. The van der Waals surface area contributed by atoms with Gasteiger partial charge in [0.25, 0.3) is 0 Å². The molecular formula is C12H17F2NO. The number of benzene rings is 1. The van der Waals surface area contributed by atoms with Crippen LogP contribution in [0.15, 0.2) is 18.2 Å². The first-order valence-electron chi connectivity index (χ1n) is 5.47.